The lowest BCUT2D eigenvalue weighted by Gasteiger charge is -2.31. The van der Waals surface area contributed by atoms with E-state index >= 15 is 0 Å². The van der Waals surface area contributed by atoms with E-state index in [4.69, 9.17) is 4.74 Å². The van der Waals surface area contributed by atoms with Crippen molar-refractivity contribution in [3.05, 3.63) is 0 Å². The van der Waals surface area contributed by atoms with E-state index in [2.05, 4.69) is 10.0 Å². The lowest BCUT2D eigenvalue weighted by molar-refractivity contribution is 0.216. The minimum Gasteiger partial charge on any atom is -0.384 e. The molecule has 2 rings (SSSR count). The monoisotopic (exact) mass is 262 g/mol. The van der Waals surface area contributed by atoms with Crippen LogP contribution in [0.15, 0.2) is 0 Å². The van der Waals surface area contributed by atoms with E-state index < -0.39 is 10.0 Å². The van der Waals surface area contributed by atoms with Crippen LogP contribution in [0.5, 0.6) is 0 Å². The van der Waals surface area contributed by atoms with E-state index in [1.807, 2.05) is 0 Å². The molecule has 2 fully saturated rings. The maximum atomic E-state index is 11.7. The van der Waals surface area contributed by atoms with Crippen LogP contribution in [0.2, 0.25) is 0 Å². The minimum atomic E-state index is -3.17. The number of sulfonamides is 1. The molecule has 0 amide bonds. The molecule has 0 bridgehead atoms. The van der Waals surface area contributed by atoms with Crippen LogP contribution in [0.1, 0.15) is 19.3 Å². The molecule has 0 radical (unpaired) electrons. The van der Waals surface area contributed by atoms with E-state index in [9.17, 15) is 8.42 Å². The first-order chi connectivity index (χ1) is 8.11. The van der Waals surface area contributed by atoms with Crippen molar-refractivity contribution < 1.29 is 13.2 Å². The molecule has 0 aromatic carbocycles. The fourth-order valence-electron chi connectivity index (χ4n) is 2.91. The van der Waals surface area contributed by atoms with Crippen molar-refractivity contribution in [2.24, 2.45) is 11.8 Å². The van der Waals surface area contributed by atoms with Crippen LogP contribution in [-0.2, 0) is 14.8 Å². The van der Waals surface area contributed by atoms with Crippen molar-refractivity contribution in [3.63, 3.8) is 0 Å². The molecular weight excluding hydrogens is 240 g/mol. The van der Waals surface area contributed by atoms with E-state index in [1.54, 1.807) is 0 Å². The highest BCUT2D eigenvalue weighted by Gasteiger charge is 2.34. The first-order valence-electron chi connectivity index (χ1n) is 6.30. The van der Waals surface area contributed by atoms with Crippen LogP contribution in [0.3, 0.4) is 0 Å². The molecule has 5 nitrogen and oxygen atoms in total. The van der Waals surface area contributed by atoms with Crippen LogP contribution in [0.25, 0.3) is 0 Å². The molecule has 17 heavy (non-hydrogen) atoms. The van der Waals surface area contributed by atoms with Gasteiger partial charge in [-0.15, -0.1) is 0 Å². The van der Waals surface area contributed by atoms with Gasteiger partial charge in [0.15, 0.2) is 0 Å². The van der Waals surface area contributed by atoms with Gasteiger partial charge in [0.2, 0.25) is 10.0 Å². The first kappa shape index (κ1) is 13.3. The van der Waals surface area contributed by atoms with Crippen LogP contribution in [0.4, 0.5) is 0 Å². The van der Waals surface area contributed by atoms with Crippen LogP contribution in [-0.4, -0.2) is 47.0 Å². The van der Waals surface area contributed by atoms with Gasteiger partial charge in [-0.2, -0.15) is 0 Å². The van der Waals surface area contributed by atoms with Gasteiger partial charge in [0.1, 0.15) is 0 Å². The quantitative estimate of drug-likeness (QED) is 0.728. The second-order valence-corrected chi connectivity index (χ2v) is 6.99. The van der Waals surface area contributed by atoms with Gasteiger partial charge in [0.05, 0.1) is 12.4 Å². The molecule has 1 saturated heterocycles. The fraction of sp³-hybridized carbons (Fsp3) is 1.00. The number of ether oxygens (including phenoxy) is 1. The highest BCUT2D eigenvalue weighted by atomic mass is 32.2. The Morgan fingerprint density at radius 1 is 1.29 bits per heavy atom. The zero-order valence-electron chi connectivity index (χ0n) is 10.3. The Morgan fingerprint density at radius 3 is 2.82 bits per heavy atom. The Kier molecular flexibility index (Phi) is 4.41. The summed E-state index contributed by atoms with van der Waals surface area (Å²) in [5.74, 6) is 1.47. The van der Waals surface area contributed by atoms with Crippen molar-refractivity contribution in [1.29, 1.82) is 0 Å². The summed E-state index contributed by atoms with van der Waals surface area (Å²) in [4.78, 5) is 0. The van der Waals surface area contributed by atoms with Gasteiger partial charge in [-0.25, -0.2) is 13.1 Å². The summed E-state index contributed by atoms with van der Waals surface area (Å²) in [6.45, 7) is 2.41. The Labute approximate surface area is 103 Å². The summed E-state index contributed by atoms with van der Waals surface area (Å²) in [5.41, 5.74) is 0. The lowest BCUT2D eigenvalue weighted by atomic mass is 9.79. The summed E-state index contributed by atoms with van der Waals surface area (Å²) in [5, 5.41) is 3.38. The maximum Gasteiger partial charge on any atom is 0.214 e. The fourth-order valence-corrected chi connectivity index (χ4v) is 4.14. The van der Waals surface area contributed by atoms with Crippen molar-refractivity contribution in [2.45, 2.75) is 25.3 Å². The third kappa shape index (κ3) is 3.64. The lowest BCUT2D eigenvalue weighted by Crippen LogP contribution is -2.42. The van der Waals surface area contributed by atoms with Crippen LogP contribution >= 0.6 is 0 Å². The summed E-state index contributed by atoms with van der Waals surface area (Å²) < 4.78 is 31.1. The second-order valence-electron chi connectivity index (χ2n) is 5.12. The molecule has 3 atom stereocenters. The SMILES string of the molecule is COCCS(=O)(=O)NC1CC[C@H]2CNC[C@H]2C1. The molecule has 1 aliphatic carbocycles. The number of hydrogen-bond acceptors (Lipinski definition) is 4. The van der Waals surface area contributed by atoms with Crippen molar-refractivity contribution in [1.82, 2.24) is 10.0 Å². The van der Waals surface area contributed by atoms with Crippen molar-refractivity contribution in [2.75, 3.05) is 32.6 Å². The van der Waals surface area contributed by atoms with Crippen molar-refractivity contribution in [3.8, 4) is 0 Å². The van der Waals surface area contributed by atoms with Gasteiger partial charge < -0.3 is 10.1 Å². The predicted molar refractivity (Wildman–Crippen MR) is 66.3 cm³/mol. The molecule has 1 aliphatic heterocycles. The molecule has 1 saturated carbocycles. The Hall–Kier alpha value is -0.170. The highest BCUT2D eigenvalue weighted by Crippen LogP contribution is 2.32. The molecule has 2 aliphatic rings. The Bertz CT molecular complexity index is 345. The molecule has 0 aromatic heterocycles. The summed E-state index contributed by atoms with van der Waals surface area (Å²) in [7, 11) is -1.65. The standard InChI is InChI=1S/C11H22N2O3S/c1-16-4-5-17(14,15)13-11-3-2-9-7-12-8-10(9)6-11/h9-13H,2-8H2,1H3/t9-,10+,11?/m0/s1. The molecule has 1 unspecified atom stereocenters. The highest BCUT2D eigenvalue weighted by molar-refractivity contribution is 7.89. The van der Waals surface area contributed by atoms with Gasteiger partial charge in [0, 0.05) is 13.2 Å². The first-order valence-corrected chi connectivity index (χ1v) is 7.95. The largest absolute Gasteiger partial charge is 0.384 e. The average Bonchev–Trinajstić information content (AvgIpc) is 2.73. The van der Waals surface area contributed by atoms with E-state index in [0.717, 1.165) is 38.3 Å². The average molecular weight is 262 g/mol. The van der Waals surface area contributed by atoms with Gasteiger partial charge in [-0.05, 0) is 44.2 Å². The third-order valence-electron chi connectivity index (χ3n) is 3.86. The van der Waals surface area contributed by atoms with Gasteiger partial charge in [0.25, 0.3) is 0 Å². The van der Waals surface area contributed by atoms with Crippen LogP contribution in [0, 0.1) is 11.8 Å². The van der Waals surface area contributed by atoms with E-state index in [-0.39, 0.29) is 18.4 Å². The molecule has 100 valence electrons. The predicted octanol–water partition coefficient (Wildman–Crippen LogP) is -0.0597. The number of hydrogen-bond donors (Lipinski definition) is 2. The zero-order chi connectivity index (χ0) is 12.3. The summed E-state index contributed by atoms with van der Waals surface area (Å²) in [6, 6.07) is 0.123. The smallest absolute Gasteiger partial charge is 0.214 e. The second kappa shape index (κ2) is 5.65. The van der Waals surface area contributed by atoms with Gasteiger partial charge in [-0.1, -0.05) is 0 Å². The summed E-state index contributed by atoms with van der Waals surface area (Å²) in [6.07, 6.45) is 3.08. The molecule has 0 aromatic rings. The Balaban J connectivity index is 1.83. The number of fused-ring (bicyclic) bond motifs is 1. The van der Waals surface area contributed by atoms with Crippen LogP contribution < -0.4 is 10.0 Å². The molecule has 2 N–H and O–H groups in total. The number of methoxy groups -OCH3 is 1. The number of rotatable bonds is 5. The summed E-state index contributed by atoms with van der Waals surface area (Å²) >= 11 is 0. The molecular formula is C11H22N2O3S. The normalized spacial score (nSPS) is 33.6. The molecule has 1 heterocycles. The number of nitrogens with one attached hydrogen (secondary N) is 2. The Morgan fingerprint density at radius 2 is 2.06 bits per heavy atom. The van der Waals surface area contributed by atoms with E-state index in [0.29, 0.717) is 5.92 Å². The van der Waals surface area contributed by atoms with E-state index in [1.165, 1.54) is 7.11 Å². The maximum absolute atomic E-state index is 11.7. The molecule has 6 heteroatoms. The molecule has 0 spiro atoms. The topological polar surface area (TPSA) is 67.4 Å². The van der Waals surface area contributed by atoms with Gasteiger partial charge in [-0.3, -0.25) is 0 Å². The van der Waals surface area contributed by atoms with Gasteiger partial charge >= 0.3 is 0 Å². The minimum absolute atomic E-state index is 0.0619. The van der Waals surface area contributed by atoms with Crippen molar-refractivity contribution >= 4 is 10.0 Å². The zero-order valence-corrected chi connectivity index (χ0v) is 11.1. The third-order valence-corrected chi connectivity index (χ3v) is 5.25.